The van der Waals surface area contributed by atoms with E-state index in [1.54, 1.807) is 4.90 Å². The summed E-state index contributed by atoms with van der Waals surface area (Å²) >= 11 is 0. The zero-order valence-corrected chi connectivity index (χ0v) is 12.8. The zero-order chi connectivity index (χ0) is 14.8. The second-order valence-corrected chi connectivity index (χ2v) is 6.39. The number of amides is 3. The fraction of sp³-hybridized carbons (Fsp3) is 0.867. The molecular formula is C15H26N4O2. The van der Waals surface area contributed by atoms with E-state index in [1.807, 2.05) is 11.8 Å². The lowest BCUT2D eigenvalue weighted by Gasteiger charge is -2.36. The van der Waals surface area contributed by atoms with Crippen molar-refractivity contribution in [1.82, 2.24) is 20.4 Å². The van der Waals surface area contributed by atoms with Crippen LogP contribution in [0.15, 0.2) is 0 Å². The number of fused-ring (bicyclic) bond motifs is 1. The predicted octanol–water partition coefficient (Wildman–Crippen LogP) is 0.248. The first-order valence-electron chi connectivity index (χ1n) is 8.25. The number of nitrogens with one attached hydrogen (secondary N) is 2. The van der Waals surface area contributed by atoms with Gasteiger partial charge in [0.15, 0.2) is 0 Å². The van der Waals surface area contributed by atoms with Crippen LogP contribution in [0.2, 0.25) is 0 Å². The number of carbonyl (C=O) groups excluding carboxylic acids is 2. The van der Waals surface area contributed by atoms with Crippen LogP contribution < -0.4 is 10.6 Å². The molecule has 3 unspecified atom stereocenters. The fourth-order valence-corrected chi connectivity index (χ4v) is 4.05. The Morgan fingerprint density at radius 2 is 1.86 bits per heavy atom. The van der Waals surface area contributed by atoms with Crippen molar-refractivity contribution in [3.63, 3.8) is 0 Å². The highest BCUT2D eigenvalue weighted by atomic mass is 16.2. The molecule has 2 N–H and O–H groups in total. The normalized spacial score (nSPS) is 32.1. The summed E-state index contributed by atoms with van der Waals surface area (Å²) in [5, 5.41) is 6.24. The average Bonchev–Trinajstić information content (AvgIpc) is 3.10. The molecular weight excluding hydrogens is 268 g/mol. The highest BCUT2D eigenvalue weighted by Gasteiger charge is 2.44. The van der Waals surface area contributed by atoms with Crippen molar-refractivity contribution in [2.75, 3.05) is 39.3 Å². The minimum Gasteiger partial charge on any atom is -0.338 e. The van der Waals surface area contributed by atoms with Gasteiger partial charge in [0.1, 0.15) is 0 Å². The molecule has 118 valence electrons. The van der Waals surface area contributed by atoms with Gasteiger partial charge < -0.3 is 20.4 Å². The number of nitrogens with zero attached hydrogens (tertiary/aromatic N) is 2. The maximum Gasteiger partial charge on any atom is 0.317 e. The van der Waals surface area contributed by atoms with Crippen molar-refractivity contribution in [3.05, 3.63) is 0 Å². The van der Waals surface area contributed by atoms with Gasteiger partial charge in [-0.25, -0.2) is 4.79 Å². The van der Waals surface area contributed by atoms with Crippen LogP contribution in [0, 0.1) is 11.8 Å². The third-order valence-corrected chi connectivity index (χ3v) is 5.22. The van der Waals surface area contributed by atoms with Crippen LogP contribution in [0.25, 0.3) is 0 Å². The Bertz CT molecular complexity index is 406. The van der Waals surface area contributed by atoms with E-state index in [-0.39, 0.29) is 18.0 Å². The van der Waals surface area contributed by atoms with Crippen molar-refractivity contribution < 1.29 is 9.59 Å². The number of piperazine rings is 1. The lowest BCUT2D eigenvalue weighted by atomic mass is 9.93. The molecule has 0 bridgehead atoms. The smallest absolute Gasteiger partial charge is 0.317 e. The highest BCUT2D eigenvalue weighted by Crippen LogP contribution is 2.38. The van der Waals surface area contributed by atoms with Crippen LogP contribution in [-0.4, -0.2) is 67.0 Å². The zero-order valence-electron chi connectivity index (χ0n) is 12.8. The van der Waals surface area contributed by atoms with Crippen LogP contribution in [0.5, 0.6) is 0 Å². The molecule has 0 aromatic carbocycles. The summed E-state index contributed by atoms with van der Waals surface area (Å²) in [6.07, 6.45) is 3.73. The molecule has 3 fully saturated rings. The SMILES string of the molecule is CCNC(=O)N1CCN(C(=O)C2NCC3CCCC32)CC1. The minimum absolute atomic E-state index is 0.0144. The van der Waals surface area contributed by atoms with E-state index in [0.29, 0.717) is 44.6 Å². The van der Waals surface area contributed by atoms with E-state index in [4.69, 9.17) is 0 Å². The molecule has 0 aromatic rings. The van der Waals surface area contributed by atoms with Crippen molar-refractivity contribution in [1.29, 1.82) is 0 Å². The summed E-state index contributed by atoms with van der Waals surface area (Å²) in [5.74, 6) is 1.49. The minimum atomic E-state index is -0.0144. The van der Waals surface area contributed by atoms with Crippen LogP contribution in [-0.2, 0) is 4.79 Å². The van der Waals surface area contributed by atoms with Gasteiger partial charge in [0.05, 0.1) is 6.04 Å². The van der Waals surface area contributed by atoms with Gasteiger partial charge >= 0.3 is 6.03 Å². The molecule has 1 saturated carbocycles. The van der Waals surface area contributed by atoms with Gasteiger partial charge in [-0.2, -0.15) is 0 Å². The molecule has 3 atom stereocenters. The van der Waals surface area contributed by atoms with Crippen molar-refractivity contribution >= 4 is 11.9 Å². The summed E-state index contributed by atoms with van der Waals surface area (Å²) in [7, 11) is 0. The summed E-state index contributed by atoms with van der Waals surface area (Å²) in [5.41, 5.74) is 0. The van der Waals surface area contributed by atoms with Crippen molar-refractivity contribution in [2.45, 2.75) is 32.2 Å². The third-order valence-electron chi connectivity index (χ3n) is 5.22. The Hall–Kier alpha value is -1.30. The Balaban J connectivity index is 1.52. The van der Waals surface area contributed by atoms with Crippen molar-refractivity contribution in [3.8, 4) is 0 Å². The molecule has 3 amide bonds. The molecule has 2 aliphatic heterocycles. The van der Waals surface area contributed by atoms with E-state index in [0.717, 1.165) is 6.54 Å². The molecule has 1 aliphatic carbocycles. The standard InChI is InChI=1S/C15H26N4O2/c1-2-16-15(21)19-8-6-18(7-9-19)14(20)13-12-5-3-4-11(12)10-17-13/h11-13,17H,2-10H2,1H3,(H,16,21). The Morgan fingerprint density at radius 1 is 1.14 bits per heavy atom. The quantitative estimate of drug-likeness (QED) is 0.767. The Kier molecular flexibility index (Phi) is 4.33. The topological polar surface area (TPSA) is 64.7 Å². The molecule has 21 heavy (non-hydrogen) atoms. The van der Waals surface area contributed by atoms with E-state index in [1.165, 1.54) is 19.3 Å². The van der Waals surface area contributed by atoms with Gasteiger partial charge in [0.2, 0.25) is 5.91 Å². The molecule has 0 spiro atoms. The summed E-state index contributed by atoms with van der Waals surface area (Å²) in [4.78, 5) is 28.2. The van der Waals surface area contributed by atoms with E-state index >= 15 is 0 Å². The van der Waals surface area contributed by atoms with Gasteiger partial charge in [0.25, 0.3) is 0 Å². The monoisotopic (exact) mass is 294 g/mol. The second-order valence-electron chi connectivity index (χ2n) is 6.39. The molecule has 6 heteroatoms. The molecule has 2 heterocycles. The first-order chi connectivity index (χ1) is 10.2. The number of hydrogen-bond acceptors (Lipinski definition) is 3. The second kappa shape index (κ2) is 6.22. The van der Waals surface area contributed by atoms with E-state index in [2.05, 4.69) is 10.6 Å². The maximum atomic E-state index is 12.7. The molecule has 0 radical (unpaired) electrons. The molecule has 6 nitrogen and oxygen atoms in total. The number of hydrogen-bond donors (Lipinski definition) is 2. The lowest BCUT2D eigenvalue weighted by Crippen LogP contribution is -2.56. The molecule has 0 aromatic heterocycles. The number of rotatable bonds is 2. The maximum absolute atomic E-state index is 12.7. The van der Waals surface area contributed by atoms with Gasteiger partial charge in [-0.05, 0) is 38.1 Å². The predicted molar refractivity (Wildman–Crippen MR) is 79.8 cm³/mol. The molecule has 3 aliphatic rings. The van der Waals surface area contributed by atoms with Gasteiger partial charge in [-0.15, -0.1) is 0 Å². The summed E-state index contributed by atoms with van der Waals surface area (Å²) in [6, 6.07) is 0.00738. The van der Waals surface area contributed by atoms with Gasteiger partial charge in [-0.1, -0.05) is 6.42 Å². The first-order valence-corrected chi connectivity index (χ1v) is 8.25. The van der Waals surface area contributed by atoms with Gasteiger partial charge in [-0.3, -0.25) is 4.79 Å². The fourth-order valence-electron chi connectivity index (χ4n) is 4.05. The number of carbonyl (C=O) groups is 2. The van der Waals surface area contributed by atoms with E-state index < -0.39 is 0 Å². The molecule has 2 saturated heterocycles. The third kappa shape index (κ3) is 2.86. The Morgan fingerprint density at radius 3 is 2.57 bits per heavy atom. The van der Waals surface area contributed by atoms with E-state index in [9.17, 15) is 9.59 Å². The first kappa shape index (κ1) is 14.6. The van der Waals surface area contributed by atoms with Crippen LogP contribution in [0.3, 0.4) is 0 Å². The highest BCUT2D eigenvalue weighted by molar-refractivity contribution is 5.83. The van der Waals surface area contributed by atoms with Gasteiger partial charge in [0, 0.05) is 32.7 Å². The lowest BCUT2D eigenvalue weighted by molar-refractivity contribution is -0.135. The van der Waals surface area contributed by atoms with Crippen LogP contribution >= 0.6 is 0 Å². The largest absolute Gasteiger partial charge is 0.338 e. The number of urea groups is 1. The van der Waals surface area contributed by atoms with Crippen LogP contribution in [0.1, 0.15) is 26.2 Å². The summed E-state index contributed by atoms with van der Waals surface area (Å²) in [6.45, 7) is 6.16. The Labute approximate surface area is 126 Å². The summed E-state index contributed by atoms with van der Waals surface area (Å²) < 4.78 is 0. The van der Waals surface area contributed by atoms with Crippen molar-refractivity contribution in [2.24, 2.45) is 11.8 Å². The molecule has 3 rings (SSSR count). The average molecular weight is 294 g/mol. The van der Waals surface area contributed by atoms with Crippen LogP contribution in [0.4, 0.5) is 4.79 Å².